The number of oxime groups is 1. The van der Waals surface area contributed by atoms with Gasteiger partial charge in [-0.2, -0.15) is 4.72 Å². The first kappa shape index (κ1) is 26.0. The first-order chi connectivity index (χ1) is 15.3. The van der Waals surface area contributed by atoms with E-state index in [-0.39, 0.29) is 24.9 Å². The van der Waals surface area contributed by atoms with Crippen LogP contribution in [0, 0.1) is 0 Å². The van der Waals surface area contributed by atoms with Crippen molar-refractivity contribution in [2.45, 2.75) is 63.8 Å². The molecule has 0 saturated heterocycles. The highest BCUT2D eigenvalue weighted by Gasteiger charge is 2.43. The molecule has 2 aliphatic rings. The smallest absolute Gasteiger partial charge is 0.345 e. The molecule has 2 unspecified atom stereocenters. The van der Waals surface area contributed by atoms with E-state index in [1.54, 1.807) is 0 Å². The molecule has 0 aromatic heterocycles. The van der Waals surface area contributed by atoms with Crippen molar-refractivity contribution in [1.82, 2.24) is 26.0 Å². The Morgan fingerprint density at radius 3 is 2.78 bits per heavy atom. The summed E-state index contributed by atoms with van der Waals surface area (Å²) in [7, 11) is -3.92. The van der Waals surface area contributed by atoms with E-state index in [0.717, 1.165) is 6.54 Å². The van der Waals surface area contributed by atoms with Crippen molar-refractivity contribution in [2.24, 2.45) is 5.16 Å². The summed E-state index contributed by atoms with van der Waals surface area (Å²) in [5, 5.41) is 25.6. The van der Waals surface area contributed by atoms with Crippen LogP contribution in [0.3, 0.4) is 0 Å². The zero-order valence-corrected chi connectivity index (χ0v) is 19.2. The minimum atomic E-state index is -3.92. The molecule has 0 spiro atoms. The molecule has 2 rings (SSSR count). The number of nitrogens with one attached hydrogen (secondary N) is 5. The summed E-state index contributed by atoms with van der Waals surface area (Å²) in [4.78, 5) is 29.6. The van der Waals surface area contributed by atoms with Crippen molar-refractivity contribution in [1.29, 1.82) is 0 Å². The van der Waals surface area contributed by atoms with Crippen molar-refractivity contribution < 1.29 is 28.0 Å². The molecule has 6 N–H and O–H groups in total. The lowest BCUT2D eigenvalue weighted by Crippen LogP contribution is -2.65. The summed E-state index contributed by atoms with van der Waals surface area (Å²) in [5.41, 5.74) is -1.64. The van der Waals surface area contributed by atoms with E-state index in [9.17, 15) is 23.1 Å². The van der Waals surface area contributed by atoms with Crippen LogP contribution in [-0.2, 0) is 24.4 Å². The maximum absolute atomic E-state index is 12.5. The molecule has 2 heterocycles. The van der Waals surface area contributed by atoms with Gasteiger partial charge in [-0.05, 0) is 38.4 Å². The molecular weight excluding hydrogens is 440 g/mol. The van der Waals surface area contributed by atoms with Gasteiger partial charge in [-0.15, -0.1) is 0 Å². The van der Waals surface area contributed by atoms with Gasteiger partial charge in [-0.25, -0.2) is 13.2 Å². The van der Waals surface area contributed by atoms with E-state index >= 15 is 0 Å². The topological polar surface area (TPSA) is 170 Å². The minimum Gasteiger partial charge on any atom is -0.478 e. The zero-order chi connectivity index (χ0) is 23.5. The van der Waals surface area contributed by atoms with Gasteiger partial charge in [0.15, 0.2) is 0 Å². The normalized spacial score (nSPS) is 20.0. The molecule has 0 aromatic rings. The van der Waals surface area contributed by atoms with Crippen molar-refractivity contribution >= 4 is 27.6 Å². The van der Waals surface area contributed by atoms with Gasteiger partial charge in [0, 0.05) is 13.0 Å². The number of carboxylic acid groups (broad SMARTS) is 1. The Labute approximate surface area is 188 Å². The Kier molecular flexibility index (Phi) is 10.4. The second-order valence-electron chi connectivity index (χ2n) is 7.77. The van der Waals surface area contributed by atoms with Crippen LogP contribution in [0.2, 0.25) is 0 Å². The van der Waals surface area contributed by atoms with Gasteiger partial charge in [0.05, 0.1) is 17.9 Å². The van der Waals surface area contributed by atoms with Gasteiger partial charge in [0.25, 0.3) is 0 Å². The first-order valence-electron chi connectivity index (χ1n) is 10.9. The molecule has 2 aliphatic heterocycles. The molecule has 0 aromatic carbocycles. The summed E-state index contributed by atoms with van der Waals surface area (Å²) in [6.45, 7) is 3.50. The molecule has 0 radical (unpaired) electrons. The maximum Gasteiger partial charge on any atom is 0.345 e. The van der Waals surface area contributed by atoms with Gasteiger partial charge < -0.3 is 20.6 Å². The standard InChI is InChI=1S/C19H34N6O6S/c1-2-3-13-32(29,30)25-19(17(27)28,23-16(26)14-15-7-12-31-24-15)8-4-5-9-20-18-21-10-6-11-22-18/h6,10,18,20-22,25H,2-5,7-9,11-14H2,1H3,(H,23,26)(H,27,28). The maximum atomic E-state index is 12.5. The second-order valence-corrected chi connectivity index (χ2v) is 9.61. The van der Waals surface area contributed by atoms with Crippen molar-refractivity contribution in [3.8, 4) is 0 Å². The quantitative estimate of drug-likeness (QED) is 0.135. The lowest BCUT2D eigenvalue weighted by molar-refractivity contribution is -0.148. The Balaban J connectivity index is 2.01. The molecule has 0 fully saturated rings. The average molecular weight is 475 g/mol. The third kappa shape index (κ3) is 8.73. The monoisotopic (exact) mass is 474 g/mol. The molecular formula is C19H34N6O6S. The van der Waals surface area contributed by atoms with E-state index in [2.05, 4.69) is 31.1 Å². The Hall–Kier alpha value is -2.22. The number of sulfonamides is 1. The van der Waals surface area contributed by atoms with Crippen LogP contribution in [0.4, 0.5) is 0 Å². The first-order valence-corrected chi connectivity index (χ1v) is 12.5. The van der Waals surface area contributed by atoms with Gasteiger partial charge >= 0.3 is 5.97 Å². The van der Waals surface area contributed by atoms with E-state index in [1.807, 2.05) is 19.2 Å². The fraction of sp³-hybridized carbons (Fsp3) is 0.737. The number of rotatable bonds is 15. The minimum absolute atomic E-state index is 0.0918. The second kappa shape index (κ2) is 12.7. The number of aliphatic carboxylic acids is 1. The van der Waals surface area contributed by atoms with Crippen LogP contribution in [0.25, 0.3) is 0 Å². The Bertz CT molecular complexity index is 802. The number of hydrogen-bond donors (Lipinski definition) is 6. The fourth-order valence-electron chi connectivity index (χ4n) is 3.29. The SMILES string of the molecule is CCCCS(=O)(=O)NC(CCCCNC1NC=CCN1)(NC(=O)CC1=NOCC1)C(=O)O. The third-order valence-corrected chi connectivity index (χ3v) is 6.49. The number of amides is 1. The average Bonchev–Trinajstić information content (AvgIpc) is 3.25. The van der Waals surface area contributed by atoms with Gasteiger partial charge in [-0.1, -0.05) is 24.6 Å². The van der Waals surface area contributed by atoms with E-state index in [1.165, 1.54) is 0 Å². The number of nitrogens with zero attached hydrogens (tertiary/aromatic N) is 1. The molecule has 0 bridgehead atoms. The fourth-order valence-corrected chi connectivity index (χ4v) is 4.83. The predicted octanol–water partition coefficient (Wildman–Crippen LogP) is -0.481. The highest BCUT2D eigenvalue weighted by molar-refractivity contribution is 7.89. The Morgan fingerprint density at radius 2 is 2.16 bits per heavy atom. The van der Waals surface area contributed by atoms with Crippen LogP contribution < -0.4 is 26.0 Å². The molecule has 0 aliphatic carbocycles. The lowest BCUT2D eigenvalue weighted by atomic mass is 10.0. The number of hydrogen-bond acceptors (Lipinski definition) is 9. The van der Waals surface area contributed by atoms with Crippen molar-refractivity contribution in [3.05, 3.63) is 12.3 Å². The summed E-state index contributed by atoms with van der Waals surface area (Å²) in [5.74, 6) is -2.30. The van der Waals surface area contributed by atoms with E-state index < -0.39 is 27.6 Å². The van der Waals surface area contributed by atoms with Crippen LogP contribution in [-0.4, -0.2) is 68.5 Å². The highest BCUT2D eigenvalue weighted by Crippen LogP contribution is 2.16. The predicted molar refractivity (Wildman–Crippen MR) is 119 cm³/mol. The van der Waals surface area contributed by atoms with Crippen molar-refractivity contribution in [2.75, 3.05) is 25.4 Å². The molecule has 32 heavy (non-hydrogen) atoms. The largest absolute Gasteiger partial charge is 0.478 e. The van der Waals surface area contributed by atoms with Gasteiger partial charge in [-0.3, -0.25) is 15.4 Å². The van der Waals surface area contributed by atoms with Crippen molar-refractivity contribution in [3.63, 3.8) is 0 Å². The molecule has 2 atom stereocenters. The number of unbranched alkanes of at least 4 members (excludes halogenated alkanes) is 2. The van der Waals surface area contributed by atoms with E-state index in [4.69, 9.17) is 4.84 Å². The molecule has 13 heteroatoms. The molecule has 12 nitrogen and oxygen atoms in total. The third-order valence-electron chi connectivity index (χ3n) is 5.00. The molecule has 0 saturated carbocycles. The number of carbonyl (C=O) groups is 2. The van der Waals surface area contributed by atoms with Crippen LogP contribution in [0.1, 0.15) is 51.9 Å². The highest BCUT2D eigenvalue weighted by atomic mass is 32.2. The molecule has 1 amide bonds. The van der Waals surface area contributed by atoms with Gasteiger partial charge in [0.1, 0.15) is 12.9 Å². The van der Waals surface area contributed by atoms with Crippen LogP contribution >= 0.6 is 0 Å². The number of carboxylic acids is 1. The summed E-state index contributed by atoms with van der Waals surface area (Å²) >= 11 is 0. The molecule has 182 valence electrons. The summed E-state index contributed by atoms with van der Waals surface area (Å²) < 4.78 is 27.3. The number of carbonyl (C=O) groups excluding carboxylic acids is 1. The zero-order valence-electron chi connectivity index (χ0n) is 18.4. The summed E-state index contributed by atoms with van der Waals surface area (Å²) in [6, 6.07) is 0. The van der Waals surface area contributed by atoms with Crippen LogP contribution in [0.15, 0.2) is 17.4 Å². The Morgan fingerprint density at radius 1 is 1.34 bits per heavy atom. The lowest BCUT2D eigenvalue weighted by Gasteiger charge is -2.31. The van der Waals surface area contributed by atoms with E-state index in [0.29, 0.717) is 51.0 Å². The summed E-state index contributed by atoms with van der Waals surface area (Å²) in [6.07, 6.45) is 5.86. The van der Waals surface area contributed by atoms with Crippen LogP contribution in [0.5, 0.6) is 0 Å². The van der Waals surface area contributed by atoms with Gasteiger partial charge in [0.2, 0.25) is 21.6 Å².